The van der Waals surface area contributed by atoms with E-state index in [4.69, 9.17) is 0 Å². The number of nitrogens with zero attached hydrogens (tertiary/aromatic N) is 2. The zero-order chi connectivity index (χ0) is 13.4. The summed E-state index contributed by atoms with van der Waals surface area (Å²) in [4.78, 5) is 12.0. The Morgan fingerprint density at radius 3 is 2.37 bits per heavy atom. The highest BCUT2D eigenvalue weighted by Crippen LogP contribution is 2.33. The van der Waals surface area contributed by atoms with E-state index in [-0.39, 0.29) is 5.69 Å². The molecule has 0 radical (unpaired) electrons. The Kier molecular flexibility index (Phi) is 2.57. The third-order valence-corrected chi connectivity index (χ3v) is 2.82. The average molecular weight is 259 g/mol. The van der Waals surface area contributed by atoms with Gasteiger partial charge >= 0.3 is 6.03 Å². The Balaban J connectivity index is 2.10. The van der Waals surface area contributed by atoms with Crippen LogP contribution in [-0.4, -0.2) is 11.2 Å². The van der Waals surface area contributed by atoms with Crippen LogP contribution in [0.2, 0.25) is 0 Å². The predicted molar refractivity (Wildman–Crippen MR) is 68.6 cm³/mol. The summed E-state index contributed by atoms with van der Waals surface area (Å²) in [6.45, 7) is 0. The summed E-state index contributed by atoms with van der Waals surface area (Å²) in [6.07, 6.45) is 0. The minimum absolute atomic E-state index is 0.0306. The van der Waals surface area contributed by atoms with E-state index >= 15 is 0 Å². The van der Waals surface area contributed by atoms with Crippen molar-refractivity contribution in [3.63, 3.8) is 0 Å². The first kappa shape index (κ1) is 11.5. The molecule has 3 rings (SSSR count). The van der Waals surface area contributed by atoms with Crippen LogP contribution in [0.5, 0.6) is 0 Å². The molecule has 0 spiro atoms. The Hall–Kier alpha value is -2.60. The van der Waals surface area contributed by atoms with Gasteiger partial charge in [0.15, 0.2) is 0 Å². The number of fused-ring (bicyclic) bond motifs is 1. The second kappa shape index (κ2) is 4.25. The van der Waals surface area contributed by atoms with Crippen molar-refractivity contribution in [2.45, 2.75) is 0 Å². The van der Waals surface area contributed by atoms with Gasteiger partial charge in [-0.3, -0.25) is 5.21 Å². The molecule has 0 saturated carbocycles. The fourth-order valence-corrected chi connectivity index (χ4v) is 1.95. The normalized spacial score (nSPS) is 14.1. The number of halogens is 1. The van der Waals surface area contributed by atoms with Gasteiger partial charge in [0.25, 0.3) is 0 Å². The summed E-state index contributed by atoms with van der Waals surface area (Å²) in [5, 5.41) is 14.1. The third kappa shape index (κ3) is 1.78. The number of rotatable bonds is 1. The standard InChI is InChI=1S/C13H10FN3O2/c14-9-5-1-3-7-11(9)16-13(18)15-10-6-2-4-8-12(10)17(16)19/h1-8,19H,(H,15,18). The van der Waals surface area contributed by atoms with Crippen molar-refractivity contribution in [1.82, 2.24) is 0 Å². The highest BCUT2D eigenvalue weighted by Gasteiger charge is 2.31. The number of hydrogen-bond donors (Lipinski definition) is 2. The third-order valence-electron chi connectivity index (χ3n) is 2.82. The molecule has 5 nitrogen and oxygen atoms in total. The molecule has 2 N–H and O–H groups in total. The second-order valence-corrected chi connectivity index (χ2v) is 4.00. The van der Waals surface area contributed by atoms with Crippen molar-refractivity contribution >= 4 is 23.1 Å². The molecule has 1 aliphatic rings. The molecule has 0 saturated heterocycles. The lowest BCUT2D eigenvalue weighted by molar-refractivity contribution is 0.220. The van der Waals surface area contributed by atoms with Crippen LogP contribution in [0, 0.1) is 5.82 Å². The lowest BCUT2D eigenvalue weighted by atomic mass is 10.2. The topological polar surface area (TPSA) is 55.8 Å². The number of carbonyl (C=O) groups is 1. The van der Waals surface area contributed by atoms with Gasteiger partial charge in [-0.2, -0.15) is 10.2 Å². The number of amides is 2. The van der Waals surface area contributed by atoms with Crippen molar-refractivity contribution < 1.29 is 14.4 Å². The van der Waals surface area contributed by atoms with Gasteiger partial charge in [0.1, 0.15) is 17.2 Å². The van der Waals surface area contributed by atoms with Crippen molar-refractivity contribution in [3.05, 3.63) is 54.3 Å². The summed E-state index contributed by atoms with van der Waals surface area (Å²) in [5.74, 6) is -0.601. The van der Waals surface area contributed by atoms with Gasteiger partial charge in [-0.25, -0.2) is 9.18 Å². The number of para-hydroxylation sites is 3. The van der Waals surface area contributed by atoms with E-state index in [0.717, 1.165) is 5.01 Å². The molecule has 1 aliphatic heterocycles. The maximum absolute atomic E-state index is 13.7. The van der Waals surface area contributed by atoms with Crippen LogP contribution < -0.4 is 15.5 Å². The van der Waals surface area contributed by atoms with Crippen molar-refractivity contribution in [1.29, 1.82) is 0 Å². The summed E-state index contributed by atoms with van der Waals surface area (Å²) < 4.78 is 13.7. The van der Waals surface area contributed by atoms with E-state index in [1.54, 1.807) is 30.3 Å². The van der Waals surface area contributed by atoms with Gasteiger partial charge in [0.2, 0.25) is 0 Å². The van der Waals surface area contributed by atoms with Gasteiger partial charge in [-0.05, 0) is 24.3 Å². The molecule has 0 aromatic heterocycles. The average Bonchev–Trinajstić information content (AvgIpc) is 2.41. The van der Waals surface area contributed by atoms with Gasteiger partial charge in [-0.1, -0.05) is 24.3 Å². The molecule has 2 amide bonds. The van der Waals surface area contributed by atoms with Crippen LogP contribution in [-0.2, 0) is 0 Å². The van der Waals surface area contributed by atoms with Crippen LogP contribution in [0.3, 0.4) is 0 Å². The van der Waals surface area contributed by atoms with E-state index in [1.807, 2.05) is 0 Å². The van der Waals surface area contributed by atoms with E-state index < -0.39 is 11.8 Å². The highest BCUT2D eigenvalue weighted by molar-refractivity contribution is 6.08. The fourth-order valence-electron chi connectivity index (χ4n) is 1.95. The number of carbonyl (C=O) groups excluding carboxylic acids is 1. The van der Waals surface area contributed by atoms with E-state index in [0.29, 0.717) is 16.5 Å². The van der Waals surface area contributed by atoms with Gasteiger partial charge in [-0.15, -0.1) is 0 Å². The van der Waals surface area contributed by atoms with Crippen LogP contribution in [0.25, 0.3) is 0 Å². The zero-order valence-corrected chi connectivity index (χ0v) is 9.75. The summed E-state index contributed by atoms with van der Waals surface area (Å²) in [5.41, 5.74) is 0.796. The van der Waals surface area contributed by atoms with E-state index in [2.05, 4.69) is 5.32 Å². The van der Waals surface area contributed by atoms with Gasteiger partial charge in [0, 0.05) is 0 Å². The first-order chi connectivity index (χ1) is 9.18. The molecule has 19 heavy (non-hydrogen) atoms. The van der Waals surface area contributed by atoms with Gasteiger partial charge in [0.05, 0.1) is 5.69 Å². The number of hydrazine groups is 1. The van der Waals surface area contributed by atoms with Crippen LogP contribution in [0.1, 0.15) is 0 Å². The van der Waals surface area contributed by atoms with E-state index in [9.17, 15) is 14.4 Å². The number of benzene rings is 2. The molecule has 0 aliphatic carbocycles. The molecule has 2 aromatic rings. The zero-order valence-electron chi connectivity index (χ0n) is 9.75. The Morgan fingerprint density at radius 1 is 1.00 bits per heavy atom. The molecule has 0 unspecified atom stereocenters. The summed E-state index contributed by atoms with van der Waals surface area (Å²) in [6, 6.07) is 11.8. The summed E-state index contributed by atoms with van der Waals surface area (Å²) >= 11 is 0. The van der Waals surface area contributed by atoms with Crippen LogP contribution in [0.15, 0.2) is 48.5 Å². The molecule has 1 heterocycles. The lowest BCUT2D eigenvalue weighted by Gasteiger charge is -2.36. The maximum Gasteiger partial charge on any atom is 0.347 e. The highest BCUT2D eigenvalue weighted by atomic mass is 19.1. The smallest absolute Gasteiger partial charge is 0.304 e. The molecule has 96 valence electrons. The number of anilines is 3. The number of nitrogens with one attached hydrogen (secondary N) is 1. The minimum atomic E-state index is -0.633. The van der Waals surface area contributed by atoms with Crippen LogP contribution in [0.4, 0.5) is 26.2 Å². The van der Waals surface area contributed by atoms with Crippen molar-refractivity contribution in [2.75, 3.05) is 15.5 Å². The first-order valence-corrected chi connectivity index (χ1v) is 5.62. The maximum atomic E-state index is 13.7. The molecule has 0 bridgehead atoms. The SMILES string of the molecule is O=C1Nc2ccccc2N(O)N1c1ccccc1F. The van der Waals surface area contributed by atoms with Gasteiger partial charge < -0.3 is 5.32 Å². The Labute approximate surface area is 108 Å². The molecule has 0 fully saturated rings. The van der Waals surface area contributed by atoms with E-state index in [1.165, 1.54) is 18.2 Å². The van der Waals surface area contributed by atoms with Crippen LogP contribution >= 0.6 is 0 Å². The number of urea groups is 1. The molecule has 6 heteroatoms. The predicted octanol–water partition coefficient (Wildman–Crippen LogP) is 2.99. The summed E-state index contributed by atoms with van der Waals surface area (Å²) in [7, 11) is 0. The van der Waals surface area contributed by atoms with Crippen molar-refractivity contribution in [2.24, 2.45) is 0 Å². The van der Waals surface area contributed by atoms with Crippen molar-refractivity contribution in [3.8, 4) is 0 Å². The molecular formula is C13H10FN3O2. The lowest BCUT2D eigenvalue weighted by Crippen LogP contribution is -2.51. The minimum Gasteiger partial charge on any atom is -0.304 e. The Morgan fingerprint density at radius 2 is 1.63 bits per heavy atom. The molecule has 0 atom stereocenters. The second-order valence-electron chi connectivity index (χ2n) is 4.00. The first-order valence-electron chi connectivity index (χ1n) is 5.62. The fraction of sp³-hybridized carbons (Fsp3) is 0. The Bertz CT molecular complexity index is 647. The quantitative estimate of drug-likeness (QED) is 0.827. The molecular weight excluding hydrogens is 249 g/mol. The molecule has 2 aromatic carbocycles. The monoisotopic (exact) mass is 259 g/mol. The number of hydrogen-bond acceptors (Lipinski definition) is 3. The largest absolute Gasteiger partial charge is 0.347 e.